The first kappa shape index (κ1) is 11.3. The van der Waals surface area contributed by atoms with Gasteiger partial charge in [-0.25, -0.2) is 9.97 Å². The number of hydrogen-bond donors (Lipinski definition) is 1. The zero-order valence-electron chi connectivity index (χ0n) is 9.14. The number of nitrogens with two attached hydrogens (primary N) is 1. The lowest BCUT2D eigenvalue weighted by Crippen LogP contribution is -2.01. The van der Waals surface area contributed by atoms with E-state index >= 15 is 0 Å². The van der Waals surface area contributed by atoms with Gasteiger partial charge in [-0.05, 0) is 30.3 Å². The molecule has 0 aliphatic rings. The number of imidazole rings is 1. The van der Waals surface area contributed by atoms with Crippen molar-refractivity contribution in [1.82, 2.24) is 14.5 Å². The number of nitrogens with zero attached hydrogens (tertiary/aromatic N) is 3. The van der Waals surface area contributed by atoms with Crippen molar-refractivity contribution >= 4 is 40.3 Å². The lowest BCUT2D eigenvalue weighted by molar-refractivity contribution is 1.08. The number of hydrogen-bond acceptors (Lipinski definition) is 3. The molecule has 0 unspecified atom stereocenters. The van der Waals surface area contributed by atoms with Crippen molar-refractivity contribution in [2.75, 3.05) is 5.73 Å². The van der Waals surface area contributed by atoms with Crippen LogP contribution in [0.5, 0.6) is 0 Å². The molecule has 90 valence electrons. The standard InChI is InChI=1S/C12H8Cl2N4/c13-7-4-8(14)6-9(5-7)18-11-10(17-12(18)15)2-1-3-16-11/h1-6H,(H2,15,17). The highest BCUT2D eigenvalue weighted by molar-refractivity contribution is 6.34. The van der Waals surface area contributed by atoms with E-state index in [1.807, 2.05) is 12.1 Å². The number of halogens is 2. The minimum atomic E-state index is 0.349. The first-order chi connectivity index (χ1) is 8.65. The average molecular weight is 279 g/mol. The Kier molecular flexibility index (Phi) is 2.61. The fourth-order valence-electron chi connectivity index (χ4n) is 1.85. The minimum Gasteiger partial charge on any atom is -0.369 e. The Bertz CT molecular complexity index is 716. The summed E-state index contributed by atoms with van der Waals surface area (Å²) >= 11 is 12.0. The summed E-state index contributed by atoms with van der Waals surface area (Å²) < 4.78 is 1.72. The predicted octanol–water partition coefficient (Wildman–Crippen LogP) is 3.31. The van der Waals surface area contributed by atoms with Gasteiger partial charge in [-0.1, -0.05) is 23.2 Å². The Morgan fingerprint density at radius 1 is 1.11 bits per heavy atom. The predicted molar refractivity (Wildman–Crippen MR) is 73.3 cm³/mol. The topological polar surface area (TPSA) is 56.7 Å². The molecule has 2 aromatic heterocycles. The molecule has 18 heavy (non-hydrogen) atoms. The molecule has 4 nitrogen and oxygen atoms in total. The highest BCUT2D eigenvalue weighted by Gasteiger charge is 2.11. The molecular formula is C12H8Cl2N4. The Labute approximate surface area is 113 Å². The van der Waals surface area contributed by atoms with Gasteiger partial charge in [0, 0.05) is 16.2 Å². The number of rotatable bonds is 1. The van der Waals surface area contributed by atoms with Crippen molar-refractivity contribution in [2.45, 2.75) is 0 Å². The quantitative estimate of drug-likeness (QED) is 0.743. The van der Waals surface area contributed by atoms with Crippen LogP contribution in [0.15, 0.2) is 36.5 Å². The molecule has 2 heterocycles. The molecule has 0 aliphatic carbocycles. The van der Waals surface area contributed by atoms with Crippen molar-refractivity contribution < 1.29 is 0 Å². The average Bonchev–Trinajstić information content (AvgIpc) is 2.63. The van der Waals surface area contributed by atoms with Gasteiger partial charge >= 0.3 is 0 Å². The van der Waals surface area contributed by atoms with Crippen LogP contribution in [0, 0.1) is 0 Å². The van der Waals surface area contributed by atoms with Crippen molar-refractivity contribution in [3.05, 3.63) is 46.6 Å². The number of aromatic nitrogens is 3. The zero-order valence-corrected chi connectivity index (χ0v) is 10.7. The molecule has 0 aliphatic heterocycles. The van der Waals surface area contributed by atoms with Crippen LogP contribution in [0.25, 0.3) is 16.9 Å². The maximum atomic E-state index is 5.99. The van der Waals surface area contributed by atoms with Gasteiger partial charge in [0.25, 0.3) is 0 Å². The van der Waals surface area contributed by atoms with Crippen molar-refractivity contribution in [2.24, 2.45) is 0 Å². The molecule has 0 radical (unpaired) electrons. The van der Waals surface area contributed by atoms with E-state index in [1.165, 1.54) is 0 Å². The van der Waals surface area contributed by atoms with Crippen molar-refractivity contribution in [3.63, 3.8) is 0 Å². The van der Waals surface area contributed by atoms with E-state index < -0.39 is 0 Å². The number of benzene rings is 1. The first-order valence-electron chi connectivity index (χ1n) is 5.20. The Morgan fingerprint density at radius 3 is 2.56 bits per heavy atom. The number of nitrogen functional groups attached to an aromatic ring is 1. The Hall–Kier alpha value is -1.78. The molecule has 0 spiro atoms. The van der Waals surface area contributed by atoms with Crippen LogP contribution in [-0.2, 0) is 0 Å². The second kappa shape index (κ2) is 4.15. The third kappa shape index (κ3) is 1.79. The molecule has 0 saturated carbocycles. The van der Waals surface area contributed by atoms with E-state index in [1.54, 1.807) is 29.0 Å². The summed E-state index contributed by atoms with van der Waals surface area (Å²) in [5.74, 6) is 0.349. The summed E-state index contributed by atoms with van der Waals surface area (Å²) in [5, 5.41) is 1.07. The molecular weight excluding hydrogens is 271 g/mol. The second-order valence-electron chi connectivity index (χ2n) is 3.78. The van der Waals surface area contributed by atoms with Crippen molar-refractivity contribution in [3.8, 4) is 5.69 Å². The van der Waals surface area contributed by atoms with Gasteiger partial charge in [0.15, 0.2) is 5.65 Å². The number of fused-ring (bicyclic) bond motifs is 1. The molecule has 6 heteroatoms. The summed E-state index contributed by atoms with van der Waals surface area (Å²) in [6.45, 7) is 0. The zero-order chi connectivity index (χ0) is 12.7. The van der Waals surface area contributed by atoms with Crippen molar-refractivity contribution in [1.29, 1.82) is 0 Å². The van der Waals surface area contributed by atoms with Crippen LogP contribution in [-0.4, -0.2) is 14.5 Å². The largest absolute Gasteiger partial charge is 0.369 e. The fraction of sp³-hybridized carbons (Fsp3) is 0. The summed E-state index contributed by atoms with van der Waals surface area (Å²) in [4.78, 5) is 8.51. The van der Waals surface area contributed by atoms with Gasteiger partial charge in [0.05, 0.1) is 5.69 Å². The normalized spacial score (nSPS) is 11.0. The molecule has 3 aromatic rings. The number of pyridine rings is 1. The van der Waals surface area contributed by atoms with E-state index in [2.05, 4.69) is 9.97 Å². The molecule has 2 N–H and O–H groups in total. The van der Waals surface area contributed by atoms with E-state index in [9.17, 15) is 0 Å². The highest BCUT2D eigenvalue weighted by atomic mass is 35.5. The van der Waals surface area contributed by atoms with Crippen LogP contribution < -0.4 is 5.73 Å². The molecule has 0 fully saturated rings. The van der Waals surface area contributed by atoms with E-state index in [-0.39, 0.29) is 0 Å². The lowest BCUT2D eigenvalue weighted by atomic mass is 10.3. The SMILES string of the molecule is Nc1nc2cccnc2n1-c1cc(Cl)cc(Cl)c1. The van der Waals surface area contributed by atoms with Gasteiger partial charge in [0.1, 0.15) is 5.52 Å². The molecule has 3 rings (SSSR count). The van der Waals surface area contributed by atoms with Gasteiger partial charge in [-0.15, -0.1) is 0 Å². The van der Waals surface area contributed by atoms with Crippen LogP contribution in [0.2, 0.25) is 10.0 Å². The Morgan fingerprint density at radius 2 is 1.83 bits per heavy atom. The Balaban J connectivity index is 2.34. The van der Waals surface area contributed by atoms with E-state index in [4.69, 9.17) is 28.9 Å². The summed E-state index contributed by atoms with van der Waals surface area (Å²) in [6.07, 6.45) is 1.69. The second-order valence-corrected chi connectivity index (χ2v) is 4.65. The summed E-state index contributed by atoms with van der Waals surface area (Å²) in [5.41, 5.74) is 8.06. The van der Waals surface area contributed by atoms with Gasteiger partial charge in [-0.3, -0.25) is 4.57 Å². The third-order valence-electron chi connectivity index (χ3n) is 2.55. The maximum Gasteiger partial charge on any atom is 0.207 e. The van der Waals surface area contributed by atoms with Gasteiger partial charge in [-0.2, -0.15) is 0 Å². The van der Waals surface area contributed by atoms with Crippen LogP contribution in [0.1, 0.15) is 0 Å². The minimum absolute atomic E-state index is 0.349. The smallest absolute Gasteiger partial charge is 0.207 e. The molecule has 0 amide bonds. The summed E-state index contributed by atoms with van der Waals surface area (Å²) in [6, 6.07) is 8.85. The van der Waals surface area contributed by atoms with Crippen LogP contribution in [0.4, 0.5) is 5.95 Å². The molecule has 0 bridgehead atoms. The van der Waals surface area contributed by atoms with Gasteiger partial charge in [0.2, 0.25) is 5.95 Å². The fourth-order valence-corrected chi connectivity index (χ4v) is 2.37. The maximum absolute atomic E-state index is 5.99. The molecule has 0 saturated heterocycles. The summed E-state index contributed by atoms with van der Waals surface area (Å²) in [7, 11) is 0. The van der Waals surface area contributed by atoms with E-state index in [0.717, 1.165) is 11.2 Å². The molecule has 0 atom stereocenters. The highest BCUT2D eigenvalue weighted by Crippen LogP contribution is 2.26. The molecule has 1 aromatic carbocycles. The van der Waals surface area contributed by atoms with Gasteiger partial charge < -0.3 is 5.73 Å². The first-order valence-corrected chi connectivity index (χ1v) is 5.96. The van der Waals surface area contributed by atoms with Crippen LogP contribution >= 0.6 is 23.2 Å². The monoisotopic (exact) mass is 278 g/mol. The lowest BCUT2D eigenvalue weighted by Gasteiger charge is -2.06. The number of anilines is 1. The van der Waals surface area contributed by atoms with E-state index in [0.29, 0.717) is 21.6 Å². The van der Waals surface area contributed by atoms with Crippen LogP contribution in [0.3, 0.4) is 0 Å². The third-order valence-corrected chi connectivity index (χ3v) is 2.98.